The average molecular weight is 464 g/mol. The van der Waals surface area contributed by atoms with Crippen molar-refractivity contribution < 1.29 is 31.3 Å². The summed E-state index contributed by atoms with van der Waals surface area (Å²) in [4.78, 5) is 13.2. The van der Waals surface area contributed by atoms with Crippen molar-refractivity contribution in [3.05, 3.63) is 72.0 Å². The minimum absolute atomic E-state index is 0.0533. The van der Waals surface area contributed by atoms with Gasteiger partial charge in [-0.1, -0.05) is 30.3 Å². The molecule has 1 aliphatic rings. The van der Waals surface area contributed by atoms with Gasteiger partial charge >= 0.3 is 0 Å². The van der Waals surface area contributed by atoms with Crippen LogP contribution in [-0.4, -0.2) is 51.4 Å². The van der Waals surface area contributed by atoms with Gasteiger partial charge in [-0.15, -0.1) is 0 Å². The maximum atomic E-state index is 13.7. The molecular weight excluding hydrogens is 443 g/mol. The zero-order valence-corrected chi connectivity index (χ0v) is 17.8. The first-order valence-electron chi connectivity index (χ1n) is 10.0. The van der Waals surface area contributed by atoms with E-state index in [1.54, 1.807) is 18.2 Å². The minimum atomic E-state index is -3.68. The van der Waals surface area contributed by atoms with Gasteiger partial charge in [-0.2, -0.15) is 4.31 Å². The zero-order chi connectivity index (χ0) is 22.9. The lowest BCUT2D eigenvalue weighted by molar-refractivity contribution is -0.895. The van der Waals surface area contributed by atoms with E-state index in [1.165, 1.54) is 4.31 Å². The third kappa shape index (κ3) is 4.47. The molecule has 1 fully saturated rings. The third-order valence-electron chi connectivity index (χ3n) is 5.51. The number of rotatable bonds is 5. The number of piperazine rings is 1. The second kappa shape index (κ2) is 8.89. The van der Waals surface area contributed by atoms with Crippen molar-refractivity contribution in [1.82, 2.24) is 4.31 Å². The minimum Gasteiger partial charge on any atom is -0.325 e. The first-order chi connectivity index (χ1) is 15.3. The van der Waals surface area contributed by atoms with Crippen LogP contribution >= 0.6 is 0 Å². The second-order valence-electron chi connectivity index (χ2n) is 7.61. The maximum Gasteiger partial charge on any atom is 0.279 e. The monoisotopic (exact) mass is 464 g/mol. The van der Waals surface area contributed by atoms with Gasteiger partial charge in [-0.3, -0.25) is 4.79 Å². The summed E-state index contributed by atoms with van der Waals surface area (Å²) in [5.41, 5.74) is -0.439. The Morgan fingerprint density at radius 2 is 1.62 bits per heavy atom. The van der Waals surface area contributed by atoms with Gasteiger partial charge in [0.25, 0.3) is 5.91 Å². The van der Waals surface area contributed by atoms with Crippen molar-refractivity contribution in [3.63, 3.8) is 0 Å². The van der Waals surface area contributed by atoms with Gasteiger partial charge in [0.05, 0.1) is 36.8 Å². The number of halogens is 3. The van der Waals surface area contributed by atoms with E-state index in [9.17, 15) is 26.4 Å². The summed E-state index contributed by atoms with van der Waals surface area (Å²) in [6.07, 6.45) is 0. The average Bonchev–Trinajstić information content (AvgIpc) is 2.79. The molecule has 1 amide bonds. The first-order valence-corrected chi connectivity index (χ1v) is 11.5. The molecule has 3 aromatic carbocycles. The lowest BCUT2D eigenvalue weighted by Gasteiger charge is -2.31. The largest absolute Gasteiger partial charge is 0.325 e. The fraction of sp³-hybridized carbons (Fsp3) is 0.227. The van der Waals surface area contributed by atoms with Gasteiger partial charge in [-0.05, 0) is 35.0 Å². The number of hydrogen-bond acceptors (Lipinski definition) is 3. The number of amides is 1. The highest BCUT2D eigenvalue weighted by atomic mass is 32.2. The number of carbonyl (C=O) groups is 1. The summed E-state index contributed by atoms with van der Waals surface area (Å²) in [5.74, 6) is -5.02. The Hall–Kier alpha value is -2.95. The number of anilines is 1. The molecule has 1 heterocycles. The molecule has 0 aliphatic carbocycles. The van der Waals surface area contributed by atoms with Crippen LogP contribution in [0.15, 0.2) is 59.5 Å². The number of benzene rings is 3. The Balaban J connectivity index is 1.37. The number of hydrogen-bond donors (Lipinski definition) is 2. The Labute approximate surface area is 183 Å². The summed E-state index contributed by atoms with van der Waals surface area (Å²) in [6.45, 7) is 1.14. The molecule has 1 aliphatic heterocycles. The molecule has 6 nitrogen and oxygen atoms in total. The summed E-state index contributed by atoms with van der Waals surface area (Å²) >= 11 is 0. The quantitative estimate of drug-likeness (QED) is 0.566. The molecule has 168 valence electrons. The Morgan fingerprint density at radius 1 is 0.938 bits per heavy atom. The Bertz CT molecular complexity index is 1280. The molecule has 4 rings (SSSR count). The van der Waals surface area contributed by atoms with E-state index < -0.39 is 39.1 Å². The van der Waals surface area contributed by atoms with Crippen molar-refractivity contribution in [3.8, 4) is 0 Å². The SMILES string of the molecule is O=C(C[NH+]1CCN(S(=O)(=O)c2ccc3ccccc3c2)CC1)Nc1ccc(F)c(F)c1F. The van der Waals surface area contributed by atoms with Gasteiger partial charge in [-0.25, -0.2) is 21.6 Å². The molecule has 2 N–H and O–H groups in total. The number of fused-ring (bicyclic) bond motifs is 1. The highest BCUT2D eigenvalue weighted by Crippen LogP contribution is 2.22. The first kappa shape index (κ1) is 22.3. The van der Waals surface area contributed by atoms with Crippen molar-refractivity contribution in [1.29, 1.82) is 0 Å². The van der Waals surface area contributed by atoms with Gasteiger partial charge in [0.15, 0.2) is 24.0 Å². The van der Waals surface area contributed by atoms with Crippen LogP contribution in [0.4, 0.5) is 18.9 Å². The summed E-state index contributed by atoms with van der Waals surface area (Å²) in [5, 5.41) is 4.02. The number of carbonyl (C=O) groups excluding carboxylic acids is 1. The Morgan fingerprint density at radius 3 is 2.34 bits per heavy atom. The number of quaternary nitrogens is 1. The molecule has 0 aromatic heterocycles. The predicted octanol–water partition coefficient (Wildman–Crippen LogP) is 1.79. The molecule has 3 aromatic rings. The topological polar surface area (TPSA) is 70.9 Å². The molecule has 32 heavy (non-hydrogen) atoms. The van der Waals surface area contributed by atoms with Crippen molar-refractivity contribution in [2.45, 2.75) is 4.90 Å². The predicted molar refractivity (Wildman–Crippen MR) is 113 cm³/mol. The van der Waals surface area contributed by atoms with Crippen LogP contribution in [0.1, 0.15) is 0 Å². The summed E-state index contributed by atoms with van der Waals surface area (Å²) in [6, 6.07) is 14.2. The van der Waals surface area contributed by atoms with Crippen LogP contribution in [0.2, 0.25) is 0 Å². The fourth-order valence-corrected chi connectivity index (χ4v) is 5.22. The highest BCUT2D eigenvalue weighted by Gasteiger charge is 2.31. The van der Waals surface area contributed by atoms with E-state index >= 15 is 0 Å². The van der Waals surface area contributed by atoms with E-state index in [-0.39, 0.29) is 24.5 Å². The van der Waals surface area contributed by atoms with Crippen molar-refractivity contribution >= 4 is 32.4 Å². The van der Waals surface area contributed by atoms with Gasteiger partial charge in [0, 0.05) is 0 Å². The number of sulfonamides is 1. The zero-order valence-electron chi connectivity index (χ0n) is 16.9. The lowest BCUT2D eigenvalue weighted by atomic mass is 10.1. The van der Waals surface area contributed by atoms with Crippen LogP contribution in [0.5, 0.6) is 0 Å². The van der Waals surface area contributed by atoms with E-state index in [2.05, 4.69) is 5.32 Å². The third-order valence-corrected chi connectivity index (χ3v) is 7.40. The van der Waals surface area contributed by atoms with Crippen molar-refractivity contribution in [2.75, 3.05) is 38.0 Å². The van der Waals surface area contributed by atoms with Gasteiger partial charge < -0.3 is 10.2 Å². The van der Waals surface area contributed by atoms with Crippen LogP contribution in [0, 0.1) is 17.5 Å². The van der Waals surface area contributed by atoms with E-state index in [4.69, 9.17) is 0 Å². The van der Waals surface area contributed by atoms with Gasteiger partial charge in [0.2, 0.25) is 10.0 Å². The molecule has 0 bridgehead atoms. The van der Waals surface area contributed by atoms with E-state index in [0.717, 1.165) is 27.8 Å². The maximum absolute atomic E-state index is 13.7. The molecule has 0 spiro atoms. The smallest absolute Gasteiger partial charge is 0.279 e. The molecular formula is C22H21F3N3O3S+. The molecule has 0 radical (unpaired) electrons. The van der Waals surface area contributed by atoms with Crippen molar-refractivity contribution in [2.24, 2.45) is 0 Å². The number of nitrogens with one attached hydrogen (secondary N) is 2. The standard InChI is InChI=1S/C22H20F3N3O3S/c23-18-7-8-19(22(25)21(18)24)26-20(29)14-27-9-11-28(12-10-27)32(30,31)17-6-5-15-3-1-2-4-16(15)13-17/h1-8,13H,9-12,14H2,(H,26,29)/p+1. The second-order valence-corrected chi connectivity index (χ2v) is 9.55. The molecule has 1 saturated heterocycles. The molecule has 0 saturated carbocycles. The van der Waals surface area contributed by atoms with Crippen LogP contribution < -0.4 is 10.2 Å². The Kier molecular flexibility index (Phi) is 6.18. The summed E-state index contributed by atoms with van der Waals surface area (Å²) in [7, 11) is -3.68. The molecule has 0 unspecified atom stereocenters. The lowest BCUT2D eigenvalue weighted by Crippen LogP contribution is -3.15. The molecule has 0 atom stereocenters. The highest BCUT2D eigenvalue weighted by molar-refractivity contribution is 7.89. The van der Waals surface area contributed by atoms with E-state index in [1.807, 2.05) is 24.3 Å². The number of nitrogens with zero attached hydrogens (tertiary/aromatic N) is 1. The van der Waals surface area contributed by atoms with Crippen LogP contribution in [0.25, 0.3) is 10.8 Å². The van der Waals surface area contributed by atoms with E-state index in [0.29, 0.717) is 13.1 Å². The fourth-order valence-electron chi connectivity index (χ4n) is 3.74. The summed E-state index contributed by atoms with van der Waals surface area (Å²) < 4.78 is 67.5. The van der Waals surface area contributed by atoms with Crippen LogP contribution in [-0.2, 0) is 14.8 Å². The molecule has 10 heteroatoms. The normalized spacial score (nSPS) is 15.7. The van der Waals surface area contributed by atoms with Crippen LogP contribution in [0.3, 0.4) is 0 Å². The van der Waals surface area contributed by atoms with Gasteiger partial charge in [0.1, 0.15) is 0 Å².